The predicted octanol–water partition coefficient (Wildman–Crippen LogP) is 1.69. The smallest absolute Gasteiger partial charge is 0.254 e. The lowest BCUT2D eigenvalue weighted by atomic mass is 9.90. The minimum atomic E-state index is 0.0412. The monoisotopic (exact) mass is 369 g/mol. The number of amides is 1. The van der Waals surface area contributed by atoms with Crippen molar-refractivity contribution in [2.24, 2.45) is 4.99 Å². The van der Waals surface area contributed by atoms with Crippen LogP contribution in [0.5, 0.6) is 0 Å². The molecule has 5 nitrogen and oxygen atoms in total. The van der Waals surface area contributed by atoms with Gasteiger partial charge < -0.3 is 9.47 Å². The Morgan fingerprint density at radius 2 is 2.04 bits per heavy atom. The molecule has 4 aliphatic rings. The normalized spacial score (nSPS) is 19.0. The van der Waals surface area contributed by atoms with Crippen LogP contribution in [0.15, 0.2) is 22.7 Å². The second kappa shape index (κ2) is 5.19. The fourth-order valence-corrected chi connectivity index (χ4v) is 5.23. The largest absolute Gasteiger partial charge is 0.340 e. The molecule has 0 saturated heterocycles. The van der Waals surface area contributed by atoms with E-state index in [0.29, 0.717) is 13.0 Å². The Hall–Kier alpha value is -3.21. The van der Waals surface area contributed by atoms with Gasteiger partial charge in [0.25, 0.3) is 5.91 Å². The molecule has 1 amide bonds. The Balaban J connectivity index is 1.94. The summed E-state index contributed by atoms with van der Waals surface area (Å²) in [5, 5.41) is 3.25. The van der Waals surface area contributed by atoms with Crippen LogP contribution in [-0.4, -0.2) is 34.4 Å². The van der Waals surface area contributed by atoms with Gasteiger partial charge in [0, 0.05) is 54.3 Å². The molecule has 6 rings (SSSR count). The van der Waals surface area contributed by atoms with Crippen LogP contribution in [0.1, 0.15) is 40.5 Å². The van der Waals surface area contributed by atoms with Crippen LogP contribution in [0, 0.1) is 0 Å². The van der Waals surface area contributed by atoms with Crippen LogP contribution in [0.25, 0.3) is 28.8 Å². The van der Waals surface area contributed by atoms with E-state index in [-0.39, 0.29) is 11.7 Å². The number of carbonyl (C=O) groups excluding carboxylic acids is 2. The summed E-state index contributed by atoms with van der Waals surface area (Å²) in [7, 11) is 1.85. The summed E-state index contributed by atoms with van der Waals surface area (Å²) in [5.41, 5.74) is 7.19. The van der Waals surface area contributed by atoms with Crippen molar-refractivity contribution in [2.75, 3.05) is 7.05 Å². The minimum Gasteiger partial charge on any atom is -0.340 e. The molecule has 2 aromatic rings. The van der Waals surface area contributed by atoms with Crippen LogP contribution in [0.2, 0.25) is 0 Å². The Labute approximate surface area is 161 Å². The van der Waals surface area contributed by atoms with E-state index in [1.807, 2.05) is 19.3 Å². The van der Waals surface area contributed by atoms with Crippen molar-refractivity contribution in [3.8, 4) is 0 Å². The van der Waals surface area contributed by atoms with Gasteiger partial charge in [-0.25, -0.2) is 0 Å². The molecule has 2 aliphatic heterocycles. The first-order chi connectivity index (χ1) is 13.6. The zero-order valence-electron chi connectivity index (χ0n) is 15.9. The van der Waals surface area contributed by atoms with E-state index in [0.717, 1.165) is 57.2 Å². The molecule has 0 unspecified atom stereocenters. The van der Waals surface area contributed by atoms with Gasteiger partial charge in [-0.05, 0) is 48.3 Å². The summed E-state index contributed by atoms with van der Waals surface area (Å²) in [6.07, 6.45) is 11.0. The van der Waals surface area contributed by atoms with Gasteiger partial charge in [-0.3, -0.25) is 14.6 Å². The van der Waals surface area contributed by atoms with E-state index in [2.05, 4.69) is 28.6 Å². The highest BCUT2D eigenvalue weighted by molar-refractivity contribution is 6.14. The van der Waals surface area contributed by atoms with E-state index >= 15 is 0 Å². The first-order valence-corrected chi connectivity index (χ1v) is 9.74. The molecule has 0 fully saturated rings. The van der Waals surface area contributed by atoms with E-state index in [1.54, 1.807) is 11.0 Å². The number of aliphatic imine (C=N–C) groups is 1. The summed E-state index contributed by atoms with van der Waals surface area (Å²) in [4.78, 5) is 31.8. The summed E-state index contributed by atoms with van der Waals surface area (Å²) >= 11 is 0. The highest BCUT2D eigenvalue weighted by atomic mass is 16.2. The molecule has 0 spiro atoms. The Morgan fingerprint density at radius 1 is 1.18 bits per heavy atom. The van der Waals surface area contributed by atoms with E-state index < -0.39 is 0 Å². The van der Waals surface area contributed by atoms with Crippen LogP contribution >= 0.6 is 0 Å². The Kier molecular flexibility index (Phi) is 2.93. The van der Waals surface area contributed by atoms with Gasteiger partial charge >= 0.3 is 0 Å². The number of nitrogens with zero attached hydrogens (tertiary/aromatic N) is 3. The zero-order valence-corrected chi connectivity index (χ0v) is 15.9. The molecule has 138 valence electrons. The molecular formula is C23H19N3O2. The lowest BCUT2D eigenvalue weighted by Gasteiger charge is -2.14. The zero-order chi connectivity index (χ0) is 19.2. The number of aryl methyl sites for hydroxylation is 1. The number of allylic oxidation sites excluding steroid dienone is 2. The molecule has 0 N–H and O–H groups in total. The maximum atomic E-state index is 13.2. The predicted molar refractivity (Wildman–Crippen MR) is 109 cm³/mol. The molecule has 28 heavy (non-hydrogen) atoms. The molecule has 1 aromatic heterocycles. The molecule has 3 heterocycles. The fraction of sp³-hybridized carbons (Fsp3) is 0.261. The van der Waals surface area contributed by atoms with Crippen LogP contribution in [-0.2, 0) is 24.3 Å². The lowest BCUT2D eigenvalue weighted by molar-refractivity contribution is -0.114. The van der Waals surface area contributed by atoms with Gasteiger partial charge in [0.2, 0.25) is 0 Å². The van der Waals surface area contributed by atoms with Gasteiger partial charge in [0.1, 0.15) is 0 Å². The van der Waals surface area contributed by atoms with Crippen LogP contribution in [0.3, 0.4) is 0 Å². The highest BCUT2D eigenvalue weighted by Gasteiger charge is 2.35. The third kappa shape index (κ3) is 1.74. The SMILES string of the molecule is CCn1c2c(c3c4c(c5c(c31)=CCC1=CC=NC=51)CN(C)C4=O)CC(=O)C=C2. The van der Waals surface area contributed by atoms with Crippen molar-refractivity contribution >= 4 is 46.7 Å². The van der Waals surface area contributed by atoms with E-state index in [4.69, 9.17) is 0 Å². The Bertz CT molecular complexity index is 1370. The number of aromatic nitrogens is 1. The van der Waals surface area contributed by atoms with Crippen molar-refractivity contribution in [2.45, 2.75) is 32.9 Å². The summed E-state index contributed by atoms with van der Waals surface area (Å²) in [6, 6.07) is 0. The summed E-state index contributed by atoms with van der Waals surface area (Å²) in [6.45, 7) is 3.49. The van der Waals surface area contributed by atoms with Crippen molar-refractivity contribution in [1.82, 2.24) is 9.47 Å². The molecule has 5 heteroatoms. The van der Waals surface area contributed by atoms with Gasteiger partial charge in [-0.1, -0.05) is 6.08 Å². The molecule has 1 aromatic carbocycles. The topological polar surface area (TPSA) is 54.7 Å². The maximum absolute atomic E-state index is 13.2. The maximum Gasteiger partial charge on any atom is 0.254 e. The first kappa shape index (κ1) is 15.8. The second-order valence-electron chi connectivity index (χ2n) is 7.84. The van der Waals surface area contributed by atoms with Crippen LogP contribution < -0.4 is 10.4 Å². The van der Waals surface area contributed by atoms with Gasteiger partial charge in [0.15, 0.2) is 5.78 Å². The quantitative estimate of drug-likeness (QED) is 0.768. The van der Waals surface area contributed by atoms with Crippen molar-refractivity contribution in [3.05, 3.63) is 50.5 Å². The van der Waals surface area contributed by atoms with Gasteiger partial charge in [-0.15, -0.1) is 0 Å². The molecule has 2 aliphatic carbocycles. The first-order valence-electron chi connectivity index (χ1n) is 9.74. The molecule has 0 atom stereocenters. The van der Waals surface area contributed by atoms with Crippen molar-refractivity contribution in [1.29, 1.82) is 0 Å². The number of benzene rings is 1. The number of ketones is 1. The van der Waals surface area contributed by atoms with Gasteiger partial charge in [0.05, 0.1) is 16.8 Å². The molecule has 0 radical (unpaired) electrons. The minimum absolute atomic E-state index is 0.0412. The summed E-state index contributed by atoms with van der Waals surface area (Å²) in [5.74, 6) is 0.136. The molecular weight excluding hydrogens is 350 g/mol. The number of hydrogen-bond donors (Lipinski definition) is 0. The van der Waals surface area contributed by atoms with Crippen molar-refractivity contribution < 1.29 is 9.59 Å². The average molecular weight is 369 g/mol. The number of fused-ring (bicyclic) bond motifs is 9. The van der Waals surface area contributed by atoms with Gasteiger partial charge in [-0.2, -0.15) is 0 Å². The van der Waals surface area contributed by atoms with Crippen molar-refractivity contribution in [3.63, 3.8) is 0 Å². The molecule has 0 bridgehead atoms. The number of rotatable bonds is 1. The molecule has 0 saturated carbocycles. The van der Waals surface area contributed by atoms with E-state index in [9.17, 15) is 9.59 Å². The number of carbonyl (C=O) groups is 2. The lowest BCUT2D eigenvalue weighted by Crippen LogP contribution is -2.35. The second-order valence-corrected chi connectivity index (χ2v) is 7.84. The van der Waals surface area contributed by atoms with Crippen LogP contribution in [0.4, 0.5) is 0 Å². The third-order valence-electron chi connectivity index (χ3n) is 6.38. The highest BCUT2D eigenvalue weighted by Crippen LogP contribution is 2.36. The van der Waals surface area contributed by atoms with E-state index in [1.165, 1.54) is 10.8 Å². The Morgan fingerprint density at radius 3 is 2.86 bits per heavy atom. The third-order valence-corrected chi connectivity index (χ3v) is 6.38. The number of hydrogen-bond acceptors (Lipinski definition) is 3. The standard InChI is InChI=1S/C23H19N3O2/c1-3-26-17-7-5-13(27)10-15(17)19-20-16(11-25(2)23(20)28)18-14(22(19)26)6-4-12-8-9-24-21(12)18/h5-9H,3-4,10-11H2,1-2H3. The average Bonchev–Trinajstić information content (AvgIpc) is 3.36. The summed E-state index contributed by atoms with van der Waals surface area (Å²) < 4.78 is 2.27. The fourth-order valence-electron chi connectivity index (χ4n) is 5.23.